The van der Waals surface area contributed by atoms with E-state index in [0.717, 1.165) is 22.6 Å². The molecule has 0 radical (unpaired) electrons. The summed E-state index contributed by atoms with van der Waals surface area (Å²) in [7, 11) is 0. The number of ketones is 1. The minimum Gasteiger partial charge on any atom is -0.454 e. The molecule has 6 nitrogen and oxygen atoms in total. The maximum absolute atomic E-state index is 13.3. The van der Waals surface area contributed by atoms with Crippen molar-refractivity contribution in [2.45, 2.75) is 6.92 Å². The molecule has 4 rings (SSSR count). The van der Waals surface area contributed by atoms with Crippen LogP contribution in [0, 0.1) is 18.6 Å². The Morgan fingerprint density at radius 3 is 2.25 bits per heavy atom. The molecular weight excluding hydrogens is 420 g/mol. The van der Waals surface area contributed by atoms with Crippen molar-refractivity contribution in [2.24, 2.45) is 0 Å². The van der Waals surface area contributed by atoms with Gasteiger partial charge in [0.1, 0.15) is 0 Å². The van der Waals surface area contributed by atoms with E-state index in [1.165, 1.54) is 18.2 Å². The molecule has 0 saturated carbocycles. The molecule has 1 aliphatic rings. The number of carbonyl (C=O) groups excluding carboxylic acids is 4. The summed E-state index contributed by atoms with van der Waals surface area (Å²) in [5.74, 6) is -5.01. The first-order valence-corrected chi connectivity index (χ1v) is 9.52. The zero-order chi connectivity index (χ0) is 23.0. The lowest BCUT2D eigenvalue weighted by Gasteiger charge is -2.16. The molecule has 3 aromatic rings. The average molecular weight is 435 g/mol. The number of ether oxygens (including phenoxy) is 1. The van der Waals surface area contributed by atoms with Crippen molar-refractivity contribution < 1.29 is 32.7 Å². The number of carbonyl (C=O) groups is 4. The predicted molar refractivity (Wildman–Crippen MR) is 110 cm³/mol. The molecule has 32 heavy (non-hydrogen) atoms. The van der Waals surface area contributed by atoms with Crippen molar-refractivity contribution in [1.29, 1.82) is 0 Å². The van der Waals surface area contributed by atoms with Crippen LogP contribution in [-0.4, -0.2) is 30.2 Å². The van der Waals surface area contributed by atoms with Gasteiger partial charge >= 0.3 is 5.97 Å². The van der Waals surface area contributed by atoms with Crippen molar-refractivity contribution in [3.63, 3.8) is 0 Å². The monoisotopic (exact) mass is 435 g/mol. The van der Waals surface area contributed by atoms with Crippen LogP contribution >= 0.6 is 0 Å². The van der Waals surface area contributed by atoms with E-state index < -0.39 is 41.8 Å². The summed E-state index contributed by atoms with van der Waals surface area (Å²) >= 11 is 0. The fourth-order valence-corrected chi connectivity index (χ4v) is 3.37. The van der Waals surface area contributed by atoms with Crippen LogP contribution < -0.4 is 4.90 Å². The summed E-state index contributed by atoms with van der Waals surface area (Å²) in [6, 6.07) is 13.4. The van der Waals surface area contributed by atoms with Gasteiger partial charge in [0.05, 0.1) is 22.4 Å². The number of rotatable bonds is 5. The number of amides is 2. The fourth-order valence-electron chi connectivity index (χ4n) is 3.37. The van der Waals surface area contributed by atoms with Crippen LogP contribution in [0.15, 0.2) is 60.7 Å². The lowest BCUT2D eigenvalue weighted by molar-refractivity contribution is 0.0474. The van der Waals surface area contributed by atoms with E-state index in [9.17, 15) is 28.0 Å². The molecule has 0 aromatic heterocycles. The van der Waals surface area contributed by atoms with Crippen molar-refractivity contribution in [3.05, 3.63) is 100 Å². The second-order valence-corrected chi connectivity index (χ2v) is 7.12. The molecule has 1 heterocycles. The third-order valence-corrected chi connectivity index (χ3v) is 5.05. The third kappa shape index (κ3) is 3.66. The molecular formula is C24H15F2NO5. The normalized spacial score (nSPS) is 12.7. The van der Waals surface area contributed by atoms with Gasteiger partial charge in [0.15, 0.2) is 24.0 Å². The Balaban J connectivity index is 1.51. The third-order valence-electron chi connectivity index (χ3n) is 5.05. The van der Waals surface area contributed by atoms with E-state index in [4.69, 9.17) is 4.74 Å². The van der Waals surface area contributed by atoms with Crippen LogP contribution in [0.1, 0.15) is 47.0 Å². The molecule has 0 fully saturated rings. The highest BCUT2D eigenvalue weighted by Crippen LogP contribution is 2.31. The summed E-state index contributed by atoms with van der Waals surface area (Å²) in [6.45, 7) is 1.06. The second kappa shape index (κ2) is 8.14. The predicted octanol–water partition coefficient (Wildman–Crippen LogP) is 4.11. The topological polar surface area (TPSA) is 80.8 Å². The summed E-state index contributed by atoms with van der Waals surface area (Å²) in [6.07, 6.45) is 0. The first-order chi connectivity index (χ1) is 15.3. The largest absolute Gasteiger partial charge is 0.454 e. The van der Waals surface area contributed by atoms with Crippen molar-refractivity contribution in [2.75, 3.05) is 11.5 Å². The maximum atomic E-state index is 13.3. The highest BCUT2D eigenvalue weighted by Gasteiger charge is 2.37. The number of hydrogen-bond donors (Lipinski definition) is 0. The highest BCUT2D eigenvalue weighted by molar-refractivity contribution is 6.35. The molecule has 0 bridgehead atoms. The number of aryl methyl sites for hydroxylation is 1. The van der Waals surface area contributed by atoms with Gasteiger partial charge in [-0.1, -0.05) is 18.2 Å². The number of nitrogens with zero attached hydrogens (tertiary/aromatic N) is 1. The molecule has 3 aromatic carbocycles. The Labute approximate surface area is 181 Å². The molecule has 2 amide bonds. The average Bonchev–Trinajstić information content (AvgIpc) is 3.03. The Morgan fingerprint density at radius 2 is 1.53 bits per heavy atom. The van der Waals surface area contributed by atoms with Gasteiger partial charge in [-0.25, -0.2) is 18.5 Å². The van der Waals surface area contributed by atoms with Gasteiger partial charge in [-0.15, -0.1) is 0 Å². The van der Waals surface area contributed by atoms with Gasteiger partial charge < -0.3 is 4.74 Å². The molecule has 0 saturated heterocycles. The molecule has 0 unspecified atom stereocenters. The number of Topliss-reactive ketones (excluding diaryl/α,β-unsaturated/α-hetero) is 1. The van der Waals surface area contributed by atoms with E-state index in [0.29, 0.717) is 11.8 Å². The van der Waals surface area contributed by atoms with Crippen LogP contribution in [0.3, 0.4) is 0 Å². The Kier molecular flexibility index (Phi) is 5.36. The molecule has 1 aliphatic heterocycles. The summed E-state index contributed by atoms with van der Waals surface area (Å²) in [5, 5.41) is 0. The minimum absolute atomic E-state index is 0.0328. The Bertz CT molecular complexity index is 1300. The van der Waals surface area contributed by atoms with Gasteiger partial charge in [-0.05, 0) is 55.0 Å². The van der Waals surface area contributed by atoms with Gasteiger partial charge in [0, 0.05) is 5.56 Å². The first-order valence-electron chi connectivity index (χ1n) is 9.52. The van der Waals surface area contributed by atoms with Crippen LogP contribution in [0.2, 0.25) is 0 Å². The number of anilines is 1. The van der Waals surface area contributed by atoms with Crippen LogP contribution in [0.5, 0.6) is 0 Å². The number of imide groups is 1. The number of halogens is 2. The van der Waals surface area contributed by atoms with Crippen LogP contribution in [0.4, 0.5) is 14.5 Å². The standard InChI is InChI=1S/C24H15F2NO5/c1-13-4-2-3-5-20(13)27-22(29)16-8-6-15(10-17(16)23(27)30)24(31)32-12-21(28)14-7-9-18(25)19(26)11-14/h2-11H,12H2,1H3. The smallest absolute Gasteiger partial charge is 0.338 e. The maximum Gasteiger partial charge on any atom is 0.338 e. The number of fused-ring (bicyclic) bond motifs is 1. The van der Waals surface area contributed by atoms with E-state index in [2.05, 4.69) is 0 Å². The van der Waals surface area contributed by atoms with Crippen molar-refractivity contribution in [3.8, 4) is 0 Å². The summed E-state index contributed by atoms with van der Waals surface area (Å²) in [5.41, 5.74) is 1.18. The van der Waals surface area contributed by atoms with E-state index >= 15 is 0 Å². The lowest BCUT2D eigenvalue weighted by Crippen LogP contribution is -2.29. The summed E-state index contributed by atoms with van der Waals surface area (Å²) in [4.78, 5) is 51.1. The van der Waals surface area contributed by atoms with Crippen molar-refractivity contribution >= 4 is 29.3 Å². The first kappa shape index (κ1) is 21.0. The van der Waals surface area contributed by atoms with E-state index in [1.807, 2.05) is 0 Å². The zero-order valence-electron chi connectivity index (χ0n) is 16.7. The van der Waals surface area contributed by atoms with Gasteiger partial charge in [-0.3, -0.25) is 14.4 Å². The molecule has 8 heteroatoms. The SMILES string of the molecule is Cc1ccccc1N1C(=O)c2ccc(C(=O)OCC(=O)c3ccc(F)c(F)c3)cc2C1=O. The highest BCUT2D eigenvalue weighted by atomic mass is 19.2. The molecule has 0 N–H and O–H groups in total. The molecule has 0 atom stereocenters. The Hall–Kier alpha value is -4.20. The second-order valence-electron chi connectivity index (χ2n) is 7.12. The fraction of sp³-hybridized carbons (Fsp3) is 0.0833. The van der Waals surface area contributed by atoms with Gasteiger partial charge in [0.25, 0.3) is 11.8 Å². The summed E-state index contributed by atoms with van der Waals surface area (Å²) < 4.78 is 31.2. The zero-order valence-corrected chi connectivity index (χ0v) is 16.7. The van der Waals surface area contributed by atoms with Crippen molar-refractivity contribution in [1.82, 2.24) is 0 Å². The van der Waals surface area contributed by atoms with Gasteiger partial charge in [-0.2, -0.15) is 0 Å². The Morgan fingerprint density at radius 1 is 0.844 bits per heavy atom. The number of para-hydroxylation sites is 1. The minimum atomic E-state index is -1.19. The number of esters is 1. The molecule has 0 spiro atoms. The number of benzene rings is 3. The van der Waals surface area contributed by atoms with E-state index in [-0.39, 0.29) is 22.3 Å². The molecule has 160 valence electrons. The lowest BCUT2D eigenvalue weighted by atomic mass is 10.1. The van der Waals surface area contributed by atoms with E-state index in [1.54, 1.807) is 31.2 Å². The quantitative estimate of drug-likeness (QED) is 0.342. The van der Waals surface area contributed by atoms with Crippen LogP contribution in [0.25, 0.3) is 0 Å². The number of hydrogen-bond acceptors (Lipinski definition) is 5. The molecule has 0 aliphatic carbocycles. The van der Waals surface area contributed by atoms with Gasteiger partial charge in [0.2, 0.25) is 0 Å². The van der Waals surface area contributed by atoms with Crippen LogP contribution in [-0.2, 0) is 4.74 Å².